The van der Waals surface area contributed by atoms with Gasteiger partial charge < -0.3 is 149 Å². The minimum Gasteiger partial charge on any atom is -0.394 e. The molecule has 66 heavy (non-hydrogen) atoms. The predicted molar refractivity (Wildman–Crippen MR) is 196 cm³/mol. The standard InChI is InChI=1S/C36H60O30/c37-1-7-25-13(43)19(49)31(55-7)62-26-8(2-38)57-33(21(51)15(26)45)64-28-10(4-40)59-35(23(53)17(28)47)66-30-12(6-42)60-36(24(54)18(30)48)65-29-11(5-41)58-34(22(52)16(29)46)63-27-9(3-39)56-32(61-25)20(50)14(27)44/h7-54H,1-6H2/t7?,8?,9?,10?,11?,12?,13-,14-,15-,16-,17-,18-,19?,20?,21?,22?,23?,24?,25-,26-,27-,28-,29-,30-,31-,32-,33-,34-,35-,36+/m1/s1. The largest absolute Gasteiger partial charge is 0.394 e. The molecule has 0 amide bonds. The third-order valence-corrected chi connectivity index (χ3v) is 12.7. The zero-order chi connectivity index (χ0) is 48.0. The number of aliphatic hydroxyl groups is 18. The number of aliphatic hydroxyl groups excluding tert-OH is 18. The van der Waals surface area contributed by atoms with Gasteiger partial charge in [0.05, 0.1) is 39.6 Å². The highest BCUT2D eigenvalue weighted by Crippen LogP contribution is 2.38. The molecule has 22 heterocycles. The van der Waals surface area contributed by atoms with E-state index in [4.69, 9.17) is 56.8 Å². The van der Waals surface area contributed by atoms with Gasteiger partial charge in [-0.2, -0.15) is 0 Å². The third kappa shape index (κ3) is 10.0. The Kier molecular flexibility index (Phi) is 17.6. The Labute approximate surface area is 372 Å². The first-order chi connectivity index (χ1) is 31.4. The Morgan fingerprint density at radius 3 is 0.409 bits per heavy atom. The summed E-state index contributed by atoms with van der Waals surface area (Å²) in [5.74, 6) is 0. The quantitative estimate of drug-likeness (QED) is 0.117. The summed E-state index contributed by atoms with van der Waals surface area (Å²) in [6.45, 7) is -5.99. The second-order valence-electron chi connectivity index (χ2n) is 16.8. The van der Waals surface area contributed by atoms with Crippen LogP contribution in [0.5, 0.6) is 0 Å². The van der Waals surface area contributed by atoms with Gasteiger partial charge in [-0.25, -0.2) is 0 Å². The molecule has 384 valence electrons. The zero-order valence-corrected chi connectivity index (χ0v) is 34.5. The van der Waals surface area contributed by atoms with Gasteiger partial charge in [0.1, 0.15) is 146 Å². The summed E-state index contributed by atoms with van der Waals surface area (Å²) >= 11 is 0. The molecule has 0 aliphatic carbocycles. The fourth-order valence-electron chi connectivity index (χ4n) is 8.93. The Bertz CT molecular complexity index is 1230. The second-order valence-corrected chi connectivity index (χ2v) is 16.8. The van der Waals surface area contributed by atoms with E-state index < -0.39 is 224 Å². The van der Waals surface area contributed by atoms with Crippen molar-refractivity contribution in [2.24, 2.45) is 0 Å². The minimum absolute atomic E-state index is 0.999. The van der Waals surface area contributed by atoms with Gasteiger partial charge in [-0.05, 0) is 0 Å². The zero-order valence-electron chi connectivity index (χ0n) is 34.5. The summed E-state index contributed by atoms with van der Waals surface area (Å²) in [6, 6.07) is 0. The summed E-state index contributed by atoms with van der Waals surface area (Å²) in [5, 5.41) is 196. The molecule has 18 N–H and O–H groups in total. The van der Waals surface area contributed by atoms with Crippen molar-refractivity contribution in [1.82, 2.24) is 0 Å². The summed E-state index contributed by atoms with van der Waals surface area (Å²) in [4.78, 5) is 0. The van der Waals surface area contributed by atoms with Crippen molar-refractivity contribution in [2.45, 2.75) is 184 Å². The first-order valence-corrected chi connectivity index (χ1v) is 21.1. The molecule has 30 heteroatoms. The topological polar surface area (TPSA) is 475 Å². The molecule has 0 radical (unpaired) electrons. The average molecular weight is 973 g/mol. The lowest BCUT2D eigenvalue weighted by Gasteiger charge is -2.50. The van der Waals surface area contributed by atoms with E-state index in [-0.39, 0.29) is 0 Å². The molecule has 22 rings (SSSR count). The molecule has 0 spiro atoms. The highest BCUT2D eigenvalue weighted by molar-refractivity contribution is 5.01. The van der Waals surface area contributed by atoms with Crippen LogP contribution in [-0.2, 0) is 56.8 Å². The van der Waals surface area contributed by atoms with E-state index >= 15 is 0 Å². The maximum absolute atomic E-state index is 11.2. The van der Waals surface area contributed by atoms with E-state index in [2.05, 4.69) is 0 Å². The van der Waals surface area contributed by atoms with Crippen molar-refractivity contribution in [2.75, 3.05) is 39.6 Å². The van der Waals surface area contributed by atoms with Gasteiger partial charge >= 0.3 is 0 Å². The van der Waals surface area contributed by atoms with Gasteiger partial charge in [-0.3, -0.25) is 0 Å². The van der Waals surface area contributed by atoms with E-state index in [1.807, 2.05) is 0 Å². The Morgan fingerprint density at radius 2 is 0.303 bits per heavy atom. The van der Waals surface area contributed by atoms with Crippen LogP contribution in [0, 0.1) is 0 Å². The van der Waals surface area contributed by atoms with Crippen molar-refractivity contribution in [3.8, 4) is 0 Å². The SMILES string of the molecule is OCC1O[C@@H]2O[C@@H]3C(CO)O[C@H](O[C@@H]4C(CO)O[C@H](O[C@@H]5C(CO)O[C@@H](O[C@@H]6C(CO)O[C@H](O[C@@H]7C(CO)O[C@H](O[C@H]1[C@H](O)C2O)C(O)[C@H]7O)C(O)[C@H]6O)C(O)[C@H]5O)C(O)[C@H]4O)C(O)[C@H]3O. The fraction of sp³-hybridized carbons (Fsp3) is 1.00. The van der Waals surface area contributed by atoms with Gasteiger partial charge in [0.25, 0.3) is 0 Å². The van der Waals surface area contributed by atoms with E-state index in [0.717, 1.165) is 0 Å². The lowest BCUT2D eigenvalue weighted by molar-refractivity contribution is -0.404. The van der Waals surface area contributed by atoms with Crippen molar-refractivity contribution < 1.29 is 149 Å². The van der Waals surface area contributed by atoms with Gasteiger partial charge in [-0.1, -0.05) is 0 Å². The van der Waals surface area contributed by atoms with Crippen LogP contribution in [-0.4, -0.2) is 316 Å². The molecule has 22 aliphatic heterocycles. The van der Waals surface area contributed by atoms with Gasteiger partial charge in [-0.15, -0.1) is 0 Å². The first-order valence-electron chi connectivity index (χ1n) is 21.1. The van der Waals surface area contributed by atoms with Crippen molar-refractivity contribution >= 4 is 0 Å². The van der Waals surface area contributed by atoms with E-state index in [9.17, 15) is 91.9 Å². The Hall–Kier alpha value is -1.20. The lowest BCUT2D eigenvalue weighted by Crippen LogP contribution is -2.69. The monoisotopic (exact) mass is 972 g/mol. The molecule has 30 nitrogen and oxygen atoms in total. The highest BCUT2D eigenvalue weighted by Gasteiger charge is 2.58. The summed E-state index contributed by atoms with van der Waals surface area (Å²) in [5.41, 5.74) is 0. The molecule has 0 aromatic heterocycles. The summed E-state index contributed by atoms with van der Waals surface area (Å²) in [6.07, 6.45) is -58.5. The molecule has 22 saturated heterocycles. The second kappa shape index (κ2) is 22.1. The average Bonchev–Trinajstić information content (AvgIpc) is 3.31. The molecule has 0 aromatic carbocycles. The maximum Gasteiger partial charge on any atom is 0.187 e. The van der Waals surface area contributed by atoms with Gasteiger partial charge in [0, 0.05) is 0 Å². The molecular formula is C36H60O30. The van der Waals surface area contributed by atoms with Crippen molar-refractivity contribution in [3.63, 3.8) is 0 Å². The molecule has 30 atom stereocenters. The lowest BCUT2D eigenvalue weighted by atomic mass is 9.94. The van der Waals surface area contributed by atoms with Gasteiger partial charge in [0.2, 0.25) is 0 Å². The number of hydrogen-bond donors (Lipinski definition) is 18. The maximum atomic E-state index is 11.2. The summed E-state index contributed by atoms with van der Waals surface area (Å²) < 4.78 is 67.9. The van der Waals surface area contributed by atoms with E-state index in [1.165, 1.54) is 0 Å². The van der Waals surface area contributed by atoms with Crippen molar-refractivity contribution in [1.29, 1.82) is 0 Å². The molecular weight excluding hydrogens is 912 g/mol. The molecule has 22 aliphatic rings. The Morgan fingerprint density at radius 1 is 0.182 bits per heavy atom. The summed E-state index contributed by atoms with van der Waals surface area (Å²) in [7, 11) is 0. The fourth-order valence-corrected chi connectivity index (χ4v) is 8.93. The molecule has 0 aromatic rings. The van der Waals surface area contributed by atoms with Crippen LogP contribution in [0.2, 0.25) is 0 Å². The normalized spacial score (nSPS) is 55.4. The van der Waals surface area contributed by atoms with Crippen LogP contribution in [0.4, 0.5) is 0 Å². The molecule has 12 unspecified atom stereocenters. The number of ether oxygens (including phenoxy) is 12. The smallest absolute Gasteiger partial charge is 0.187 e. The van der Waals surface area contributed by atoms with Crippen molar-refractivity contribution in [3.05, 3.63) is 0 Å². The number of hydrogen-bond acceptors (Lipinski definition) is 30. The number of rotatable bonds is 6. The molecule has 12 bridgehead atoms. The van der Waals surface area contributed by atoms with Crippen LogP contribution in [0.3, 0.4) is 0 Å². The molecule has 22 fully saturated rings. The van der Waals surface area contributed by atoms with Crippen LogP contribution in [0.25, 0.3) is 0 Å². The van der Waals surface area contributed by atoms with Gasteiger partial charge in [0.15, 0.2) is 37.7 Å². The van der Waals surface area contributed by atoms with Crippen LogP contribution in [0.1, 0.15) is 0 Å². The predicted octanol–water partition coefficient (Wildman–Crippen LogP) is -13.1. The third-order valence-electron chi connectivity index (χ3n) is 12.7. The van der Waals surface area contributed by atoms with Crippen LogP contribution < -0.4 is 0 Å². The highest BCUT2D eigenvalue weighted by atomic mass is 16.8. The minimum atomic E-state index is -2.15. The van der Waals surface area contributed by atoms with Crippen LogP contribution >= 0.6 is 0 Å². The van der Waals surface area contributed by atoms with Crippen LogP contribution in [0.15, 0.2) is 0 Å². The molecule has 0 saturated carbocycles. The Balaban J connectivity index is 1.19. The van der Waals surface area contributed by atoms with E-state index in [1.54, 1.807) is 0 Å². The van der Waals surface area contributed by atoms with E-state index in [0.29, 0.717) is 0 Å². The first kappa shape index (κ1) is 52.6.